The van der Waals surface area contributed by atoms with Crippen LogP contribution in [0, 0.1) is 0 Å². The number of aromatic nitrogens is 2. The second-order valence-corrected chi connectivity index (χ2v) is 6.72. The lowest BCUT2D eigenvalue weighted by atomic mass is 10.2. The molecule has 4 rings (SSSR count). The zero-order chi connectivity index (χ0) is 16.9. The molecule has 4 aromatic rings. The fourth-order valence-corrected chi connectivity index (χ4v) is 3.30. The van der Waals surface area contributed by atoms with Crippen molar-refractivity contribution in [2.75, 3.05) is 10.6 Å². The van der Waals surface area contributed by atoms with Gasteiger partial charge in [0.1, 0.15) is 5.82 Å². The Hall–Kier alpha value is -2.92. The van der Waals surface area contributed by atoms with Crippen molar-refractivity contribution < 1.29 is 0 Å². The van der Waals surface area contributed by atoms with Gasteiger partial charge in [-0.15, -0.1) is 11.3 Å². The molecule has 4 nitrogen and oxygen atoms in total. The first-order chi connectivity index (χ1) is 12.4. The van der Waals surface area contributed by atoms with E-state index in [1.54, 1.807) is 11.3 Å². The van der Waals surface area contributed by atoms with Crippen molar-refractivity contribution in [3.8, 4) is 0 Å². The molecule has 0 spiro atoms. The van der Waals surface area contributed by atoms with Crippen molar-refractivity contribution >= 4 is 34.0 Å². The number of anilines is 2. The van der Waals surface area contributed by atoms with Gasteiger partial charge in [-0.2, -0.15) is 4.98 Å². The van der Waals surface area contributed by atoms with Crippen LogP contribution in [0.1, 0.15) is 10.4 Å². The first-order valence-electron chi connectivity index (χ1n) is 8.19. The van der Waals surface area contributed by atoms with Gasteiger partial charge in [-0.3, -0.25) is 0 Å². The standard InChI is InChI=1S/C20H18N4S/c1-2-7-15(8-3-1)13-22-20-23-18-11-5-4-10-17(18)19(24-20)21-14-16-9-6-12-25-16/h1-12H,13-14H2,(H2,21,22,23,24). The summed E-state index contributed by atoms with van der Waals surface area (Å²) in [5.74, 6) is 1.49. The molecule has 0 unspecified atom stereocenters. The predicted octanol–water partition coefficient (Wildman–Crippen LogP) is 4.92. The normalized spacial score (nSPS) is 10.7. The molecule has 124 valence electrons. The summed E-state index contributed by atoms with van der Waals surface area (Å²) in [6, 6.07) is 22.5. The van der Waals surface area contributed by atoms with Crippen LogP contribution in [0.3, 0.4) is 0 Å². The Kier molecular flexibility index (Phi) is 4.57. The van der Waals surface area contributed by atoms with E-state index < -0.39 is 0 Å². The molecule has 0 aliphatic heterocycles. The number of thiophene rings is 1. The molecule has 25 heavy (non-hydrogen) atoms. The molecule has 0 saturated carbocycles. The van der Waals surface area contributed by atoms with Crippen molar-refractivity contribution in [1.82, 2.24) is 9.97 Å². The van der Waals surface area contributed by atoms with Crippen LogP contribution in [-0.2, 0) is 13.1 Å². The van der Waals surface area contributed by atoms with E-state index in [9.17, 15) is 0 Å². The average molecular weight is 346 g/mol. The van der Waals surface area contributed by atoms with Gasteiger partial charge < -0.3 is 10.6 Å². The lowest BCUT2D eigenvalue weighted by Crippen LogP contribution is -2.07. The van der Waals surface area contributed by atoms with Crippen molar-refractivity contribution in [3.05, 3.63) is 82.6 Å². The fourth-order valence-electron chi connectivity index (χ4n) is 2.65. The Balaban J connectivity index is 1.59. The SMILES string of the molecule is c1ccc(CNc2nc(NCc3cccs3)c3ccccc3n2)cc1. The van der Waals surface area contributed by atoms with Crippen LogP contribution < -0.4 is 10.6 Å². The summed E-state index contributed by atoms with van der Waals surface area (Å²) in [4.78, 5) is 10.6. The number of rotatable bonds is 6. The molecular weight excluding hydrogens is 328 g/mol. The van der Waals surface area contributed by atoms with Crippen molar-refractivity contribution in [2.24, 2.45) is 0 Å². The maximum Gasteiger partial charge on any atom is 0.225 e. The molecule has 0 atom stereocenters. The van der Waals surface area contributed by atoms with E-state index in [4.69, 9.17) is 0 Å². The van der Waals surface area contributed by atoms with Gasteiger partial charge in [0.25, 0.3) is 0 Å². The quantitative estimate of drug-likeness (QED) is 0.520. The van der Waals surface area contributed by atoms with E-state index in [-0.39, 0.29) is 0 Å². The summed E-state index contributed by atoms with van der Waals surface area (Å²) >= 11 is 1.74. The largest absolute Gasteiger partial charge is 0.364 e. The Morgan fingerprint density at radius 2 is 1.60 bits per heavy atom. The topological polar surface area (TPSA) is 49.8 Å². The number of nitrogens with one attached hydrogen (secondary N) is 2. The van der Waals surface area contributed by atoms with E-state index in [0.717, 1.165) is 23.3 Å². The second-order valence-electron chi connectivity index (χ2n) is 5.69. The van der Waals surface area contributed by atoms with E-state index in [2.05, 4.69) is 50.2 Å². The third-order valence-corrected chi connectivity index (χ3v) is 4.78. The Bertz CT molecular complexity index is 952. The highest BCUT2D eigenvalue weighted by atomic mass is 32.1. The first kappa shape index (κ1) is 15.6. The number of hydrogen-bond acceptors (Lipinski definition) is 5. The number of nitrogens with zero attached hydrogens (tertiary/aromatic N) is 2. The third kappa shape index (κ3) is 3.78. The third-order valence-electron chi connectivity index (χ3n) is 3.91. The molecule has 0 amide bonds. The maximum absolute atomic E-state index is 4.69. The number of para-hydroxylation sites is 1. The van der Waals surface area contributed by atoms with Gasteiger partial charge in [-0.05, 0) is 29.1 Å². The summed E-state index contributed by atoms with van der Waals surface area (Å²) < 4.78 is 0. The molecule has 2 N–H and O–H groups in total. The number of fused-ring (bicyclic) bond motifs is 1. The summed E-state index contributed by atoms with van der Waals surface area (Å²) in [7, 11) is 0. The van der Waals surface area contributed by atoms with Crippen LogP contribution in [0.2, 0.25) is 0 Å². The van der Waals surface area contributed by atoms with E-state index in [0.29, 0.717) is 12.5 Å². The average Bonchev–Trinajstić information content (AvgIpc) is 3.19. The van der Waals surface area contributed by atoms with E-state index >= 15 is 0 Å². The molecule has 5 heteroatoms. The van der Waals surface area contributed by atoms with E-state index in [1.165, 1.54) is 10.4 Å². The Morgan fingerprint density at radius 1 is 0.760 bits per heavy atom. The monoisotopic (exact) mass is 346 g/mol. The molecule has 0 radical (unpaired) electrons. The van der Waals surface area contributed by atoms with Crippen LogP contribution in [-0.4, -0.2) is 9.97 Å². The van der Waals surface area contributed by atoms with Crippen LogP contribution in [0.15, 0.2) is 72.1 Å². The zero-order valence-corrected chi connectivity index (χ0v) is 14.5. The molecule has 0 aliphatic rings. The smallest absolute Gasteiger partial charge is 0.225 e. The fraction of sp³-hybridized carbons (Fsp3) is 0.100. The van der Waals surface area contributed by atoms with Gasteiger partial charge in [0.05, 0.1) is 12.1 Å². The van der Waals surface area contributed by atoms with Crippen molar-refractivity contribution in [1.29, 1.82) is 0 Å². The highest BCUT2D eigenvalue weighted by Crippen LogP contribution is 2.23. The molecule has 0 aliphatic carbocycles. The highest BCUT2D eigenvalue weighted by Gasteiger charge is 2.07. The van der Waals surface area contributed by atoms with Gasteiger partial charge >= 0.3 is 0 Å². The van der Waals surface area contributed by atoms with Crippen LogP contribution in [0.4, 0.5) is 11.8 Å². The molecule has 0 bridgehead atoms. The number of hydrogen-bond donors (Lipinski definition) is 2. The van der Waals surface area contributed by atoms with Crippen LogP contribution in [0.5, 0.6) is 0 Å². The van der Waals surface area contributed by atoms with Crippen molar-refractivity contribution in [2.45, 2.75) is 13.1 Å². The summed E-state index contributed by atoms with van der Waals surface area (Å²) in [6.45, 7) is 1.46. The molecule has 0 fully saturated rings. The first-order valence-corrected chi connectivity index (χ1v) is 9.07. The van der Waals surface area contributed by atoms with Gasteiger partial charge in [0, 0.05) is 16.8 Å². The predicted molar refractivity (Wildman–Crippen MR) is 105 cm³/mol. The van der Waals surface area contributed by atoms with Gasteiger partial charge in [-0.25, -0.2) is 4.98 Å². The van der Waals surface area contributed by atoms with Crippen LogP contribution in [0.25, 0.3) is 10.9 Å². The minimum absolute atomic E-state index is 0.635. The second kappa shape index (κ2) is 7.32. The van der Waals surface area contributed by atoms with Gasteiger partial charge in [0.2, 0.25) is 5.95 Å². The number of benzene rings is 2. The maximum atomic E-state index is 4.69. The Morgan fingerprint density at radius 3 is 2.44 bits per heavy atom. The highest BCUT2D eigenvalue weighted by molar-refractivity contribution is 7.09. The summed E-state index contributed by atoms with van der Waals surface area (Å²) in [6.07, 6.45) is 0. The lowest BCUT2D eigenvalue weighted by molar-refractivity contribution is 1.06. The minimum atomic E-state index is 0.635. The molecule has 2 heterocycles. The zero-order valence-electron chi connectivity index (χ0n) is 13.6. The summed E-state index contributed by atoms with van der Waals surface area (Å²) in [5.41, 5.74) is 2.13. The van der Waals surface area contributed by atoms with E-state index in [1.807, 2.05) is 42.5 Å². The van der Waals surface area contributed by atoms with Gasteiger partial charge in [-0.1, -0.05) is 48.5 Å². The molecule has 2 aromatic heterocycles. The molecule has 0 saturated heterocycles. The Labute approximate surface area is 150 Å². The minimum Gasteiger partial charge on any atom is -0.364 e. The molecule has 2 aromatic carbocycles. The van der Waals surface area contributed by atoms with Crippen LogP contribution >= 0.6 is 11.3 Å². The molecular formula is C20H18N4S. The van der Waals surface area contributed by atoms with Crippen molar-refractivity contribution in [3.63, 3.8) is 0 Å². The summed E-state index contributed by atoms with van der Waals surface area (Å²) in [5, 5.41) is 9.89. The lowest BCUT2D eigenvalue weighted by Gasteiger charge is -2.11. The van der Waals surface area contributed by atoms with Gasteiger partial charge in [0.15, 0.2) is 0 Å².